The highest BCUT2D eigenvalue weighted by Crippen LogP contribution is 2.33. The van der Waals surface area contributed by atoms with Crippen molar-refractivity contribution in [3.8, 4) is 0 Å². The molecule has 0 aliphatic carbocycles. The number of benzene rings is 1. The Morgan fingerprint density at radius 3 is 2.33 bits per heavy atom. The van der Waals surface area contributed by atoms with E-state index in [1.54, 1.807) is 6.20 Å². The summed E-state index contributed by atoms with van der Waals surface area (Å²) < 4.78 is 38.0. The van der Waals surface area contributed by atoms with Crippen LogP contribution in [0.3, 0.4) is 0 Å². The summed E-state index contributed by atoms with van der Waals surface area (Å²) >= 11 is 0. The van der Waals surface area contributed by atoms with Crippen LogP contribution in [0.2, 0.25) is 0 Å². The van der Waals surface area contributed by atoms with E-state index in [2.05, 4.69) is 25.8 Å². The van der Waals surface area contributed by atoms with E-state index in [1.165, 1.54) is 12.1 Å². The monoisotopic (exact) mass is 255 g/mol. The highest BCUT2D eigenvalue weighted by atomic mass is 19.4. The van der Waals surface area contributed by atoms with Crippen molar-refractivity contribution in [2.75, 3.05) is 0 Å². The normalized spacial score (nSPS) is 13.2. The number of alkyl halides is 3. The second-order valence-corrected chi connectivity index (χ2v) is 5.81. The Kier molecular flexibility index (Phi) is 2.92. The highest BCUT2D eigenvalue weighted by Gasteiger charge is 2.30. The molecule has 0 spiro atoms. The van der Waals surface area contributed by atoms with Crippen molar-refractivity contribution in [3.05, 3.63) is 35.5 Å². The van der Waals surface area contributed by atoms with E-state index in [0.717, 1.165) is 23.6 Å². The molecule has 2 rings (SSSR count). The van der Waals surface area contributed by atoms with Gasteiger partial charge in [0.2, 0.25) is 0 Å². The van der Waals surface area contributed by atoms with Crippen molar-refractivity contribution in [1.29, 1.82) is 0 Å². The Morgan fingerprint density at radius 1 is 1.11 bits per heavy atom. The van der Waals surface area contributed by atoms with E-state index in [4.69, 9.17) is 0 Å². The molecule has 0 bridgehead atoms. The van der Waals surface area contributed by atoms with Crippen LogP contribution in [0, 0.1) is 5.41 Å². The maximum atomic E-state index is 12.7. The third-order valence-corrected chi connectivity index (χ3v) is 2.82. The summed E-state index contributed by atoms with van der Waals surface area (Å²) in [7, 11) is 0. The van der Waals surface area contributed by atoms with Crippen molar-refractivity contribution >= 4 is 10.9 Å². The number of aromatic amines is 1. The zero-order valence-corrected chi connectivity index (χ0v) is 10.7. The molecule has 1 nitrogen and oxygen atoms in total. The number of nitrogens with one attached hydrogen (secondary N) is 1. The van der Waals surface area contributed by atoms with E-state index in [9.17, 15) is 13.2 Å². The fourth-order valence-electron chi connectivity index (χ4n) is 2.07. The number of rotatable bonds is 1. The van der Waals surface area contributed by atoms with Crippen LogP contribution in [-0.2, 0) is 12.6 Å². The summed E-state index contributed by atoms with van der Waals surface area (Å²) in [4.78, 5) is 3.02. The smallest absolute Gasteiger partial charge is 0.361 e. The summed E-state index contributed by atoms with van der Waals surface area (Å²) in [5.74, 6) is 0. The maximum absolute atomic E-state index is 12.7. The van der Waals surface area contributed by atoms with Crippen LogP contribution in [0.5, 0.6) is 0 Å². The number of halogens is 3. The van der Waals surface area contributed by atoms with Gasteiger partial charge in [0.25, 0.3) is 0 Å². The van der Waals surface area contributed by atoms with E-state index < -0.39 is 11.7 Å². The third kappa shape index (κ3) is 2.68. The molecular weight excluding hydrogens is 239 g/mol. The van der Waals surface area contributed by atoms with Crippen LogP contribution in [0.15, 0.2) is 24.4 Å². The molecule has 1 heterocycles. The molecule has 98 valence electrons. The molecule has 0 aliphatic heterocycles. The lowest BCUT2D eigenvalue weighted by atomic mass is 9.88. The predicted molar refractivity (Wildman–Crippen MR) is 66.5 cm³/mol. The Balaban J connectivity index is 2.50. The van der Waals surface area contributed by atoms with Gasteiger partial charge in [-0.1, -0.05) is 20.8 Å². The molecule has 0 aliphatic rings. The van der Waals surface area contributed by atoms with Crippen LogP contribution < -0.4 is 0 Å². The summed E-state index contributed by atoms with van der Waals surface area (Å²) in [5, 5.41) is 0.666. The minimum Gasteiger partial charge on any atom is -0.361 e. The van der Waals surface area contributed by atoms with Crippen LogP contribution in [0.25, 0.3) is 10.9 Å². The second-order valence-electron chi connectivity index (χ2n) is 5.81. The third-order valence-electron chi connectivity index (χ3n) is 2.82. The SMILES string of the molecule is CC(C)(C)Cc1c[nH]c2ccc(C(F)(F)F)cc12. The molecule has 0 fully saturated rings. The largest absolute Gasteiger partial charge is 0.416 e. The van der Waals surface area contributed by atoms with Gasteiger partial charge in [0.1, 0.15) is 0 Å². The molecule has 0 atom stereocenters. The zero-order valence-electron chi connectivity index (χ0n) is 10.7. The minimum atomic E-state index is -4.29. The molecule has 2 aromatic rings. The highest BCUT2D eigenvalue weighted by molar-refractivity contribution is 5.84. The molecule has 1 aromatic heterocycles. The summed E-state index contributed by atoms with van der Waals surface area (Å²) in [5.41, 5.74) is 1.14. The van der Waals surface area contributed by atoms with Gasteiger partial charge < -0.3 is 4.98 Å². The molecule has 4 heteroatoms. The first-order chi connectivity index (χ1) is 8.17. The van der Waals surface area contributed by atoms with E-state index in [0.29, 0.717) is 5.39 Å². The molecule has 0 saturated heterocycles. The van der Waals surface area contributed by atoms with Gasteiger partial charge in [-0.2, -0.15) is 13.2 Å². The van der Waals surface area contributed by atoms with Gasteiger partial charge in [-0.15, -0.1) is 0 Å². The van der Waals surface area contributed by atoms with Gasteiger partial charge in [0.05, 0.1) is 5.56 Å². The predicted octanol–water partition coefficient (Wildman–Crippen LogP) is 4.78. The van der Waals surface area contributed by atoms with Crippen LogP contribution >= 0.6 is 0 Å². The molecule has 0 saturated carbocycles. The van der Waals surface area contributed by atoms with Crippen molar-refractivity contribution in [3.63, 3.8) is 0 Å². The fourth-order valence-corrected chi connectivity index (χ4v) is 2.07. The molecule has 0 amide bonds. The van der Waals surface area contributed by atoms with Gasteiger partial charge in [0.15, 0.2) is 0 Å². The Hall–Kier alpha value is -1.45. The lowest BCUT2D eigenvalue weighted by Crippen LogP contribution is -2.09. The lowest BCUT2D eigenvalue weighted by Gasteiger charge is -2.17. The number of H-pyrrole nitrogens is 1. The van der Waals surface area contributed by atoms with Crippen LogP contribution in [0.4, 0.5) is 13.2 Å². The van der Waals surface area contributed by atoms with Gasteiger partial charge >= 0.3 is 6.18 Å². The first-order valence-corrected chi connectivity index (χ1v) is 5.84. The van der Waals surface area contributed by atoms with Crippen LogP contribution in [-0.4, -0.2) is 4.98 Å². The number of hydrogen-bond acceptors (Lipinski definition) is 0. The van der Waals surface area contributed by atoms with Crippen LogP contribution in [0.1, 0.15) is 31.9 Å². The van der Waals surface area contributed by atoms with Crippen molar-refractivity contribution in [1.82, 2.24) is 4.98 Å². The Bertz CT molecular complexity index is 558. The van der Waals surface area contributed by atoms with E-state index in [-0.39, 0.29) is 5.41 Å². The molecule has 1 aromatic carbocycles. The van der Waals surface area contributed by atoms with Gasteiger partial charge in [0, 0.05) is 17.1 Å². The van der Waals surface area contributed by atoms with Crippen molar-refractivity contribution in [2.24, 2.45) is 5.41 Å². The number of hydrogen-bond donors (Lipinski definition) is 1. The summed E-state index contributed by atoms with van der Waals surface area (Å²) in [6.45, 7) is 6.21. The van der Waals surface area contributed by atoms with E-state index >= 15 is 0 Å². The maximum Gasteiger partial charge on any atom is 0.416 e. The van der Waals surface area contributed by atoms with Gasteiger partial charge in [-0.05, 0) is 35.6 Å². The fraction of sp³-hybridized carbons (Fsp3) is 0.429. The average Bonchev–Trinajstić information content (AvgIpc) is 2.57. The Morgan fingerprint density at radius 2 is 1.78 bits per heavy atom. The molecule has 0 unspecified atom stereocenters. The quantitative estimate of drug-likeness (QED) is 0.755. The lowest BCUT2D eigenvalue weighted by molar-refractivity contribution is -0.137. The first kappa shape index (κ1) is 13.0. The molecular formula is C14H16F3N. The van der Waals surface area contributed by atoms with Crippen molar-refractivity contribution < 1.29 is 13.2 Å². The Labute approximate surface area is 104 Å². The topological polar surface area (TPSA) is 15.8 Å². The number of fused-ring (bicyclic) bond motifs is 1. The molecule has 0 radical (unpaired) electrons. The zero-order chi connectivity index (χ0) is 13.6. The summed E-state index contributed by atoms with van der Waals surface area (Å²) in [6.07, 6.45) is -1.74. The second kappa shape index (κ2) is 4.04. The average molecular weight is 255 g/mol. The van der Waals surface area contributed by atoms with Crippen molar-refractivity contribution in [2.45, 2.75) is 33.4 Å². The van der Waals surface area contributed by atoms with Gasteiger partial charge in [-0.3, -0.25) is 0 Å². The molecule has 1 N–H and O–H groups in total. The van der Waals surface area contributed by atoms with Gasteiger partial charge in [-0.25, -0.2) is 0 Å². The number of aromatic nitrogens is 1. The standard InChI is InChI=1S/C14H16F3N/c1-13(2,3)7-9-8-18-12-5-4-10(6-11(9)12)14(15,16)17/h4-6,8,18H,7H2,1-3H3. The minimum absolute atomic E-state index is 0.0450. The first-order valence-electron chi connectivity index (χ1n) is 5.84. The summed E-state index contributed by atoms with van der Waals surface area (Å²) in [6, 6.07) is 3.83. The van der Waals surface area contributed by atoms with E-state index in [1.807, 2.05) is 0 Å². The molecule has 18 heavy (non-hydrogen) atoms.